The summed E-state index contributed by atoms with van der Waals surface area (Å²) in [4.78, 5) is 0. The van der Waals surface area contributed by atoms with E-state index < -0.39 is 0 Å². The molecule has 0 aromatic heterocycles. The van der Waals surface area contributed by atoms with E-state index in [2.05, 4.69) is 52.9 Å². The van der Waals surface area contributed by atoms with Crippen LogP contribution in [0, 0.1) is 9.49 Å². The molecular weight excluding hydrogens is 383 g/mol. The van der Waals surface area contributed by atoms with Crippen LogP contribution in [0.1, 0.15) is 11.1 Å². The molecule has 0 saturated heterocycles. The maximum Gasteiger partial charge on any atom is 0.122 e. The van der Waals surface area contributed by atoms with Gasteiger partial charge in [0.2, 0.25) is 0 Å². The highest BCUT2D eigenvalue weighted by atomic mass is 127. The van der Waals surface area contributed by atoms with Gasteiger partial charge in [-0.25, -0.2) is 0 Å². The molecule has 2 aromatic rings. The maximum atomic E-state index is 6.15. The Kier molecular flexibility index (Phi) is 6.17. The van der Waals surface area contributed by atoms with Gasteiger partial charge >= 0.3 is 0 Å². The maximum absolute atomic E-state index is 6.15. The summed E-state index contributed by atoms with van der Waals surface area (Å²) in [5.74, 6) is 2.03. The summed E-state index contributed by atoms with van der Waals surface area (Å²) in [6.45, 7) is 0. The molecule has 0 bridgehead atoms. The highest BCUT2D eigenvalue weighted by Gasteiger charge is 2.12. The molecule has 0 N–H and O–H groups in total. The Morgan fingerprint density at radius 3 is 2.40 bits per heavy atom. The topological polar surface area (TPSA) is 9.23 Å². The highest BCUT2D eigenvalue weighted by molar-refractivity contribution is 14.1. The molecule has 0 aliphatic carbocycles. The fourth-order valence-electron chi connectivity index (χ4n) is 2.32. The lowest BCUT2D eigenvalue weighted by Crippen LogP contribution is -2.11. The minimum absolute atomic E-state index is 0.424. The Morgan fingerprint density at radius 1 is 1.05 bits per heavy atom. The third-order valence-electron chi connectivity index (χ3n) is 3.36. The zero-order valence-corrected chi connectivity index (χ0v) is 14.4. The van der Waals surface area contributed by atoms with Crippen LogP contribution in [0.25, 0.3) is 0 Å². The molecule has 0 heterocycles. The third-order valence-corrected chi connectivity index (χ3v) is 4.51. The molecule has 106 valence electrons. The Balaban J connectivity index is 2.07. The van der Waals surface area contributed by atoms with E-state index in [4.69, 9.17) is 16.3 Å². The first kappa shape index (κ1) is 15.6. The van der Waals surface area contributed by atoms with Crippen LogP contribution >= 0.6 is 34.2 Å². The van der Waals surface area contributed by atoms with Crippen molar-refractivity contribution in [3.63, 3.8) is 0 Å². The molecule has 2 aromatic carbocycles. The molecule has 0 spiro atoms. The first-order valence-corrected chi connectivity index (χ1v) is 8.26. The van der Waals surface area contributed by atoms with Crippen LogP contribution in [0.5, 0.6) is 5.75 Å². The minimum Gasteiger partial charge on any atom is -0.496 e. The molecule has 1 unspecified atom stereocenters. The number of alkyl halides is 1. The Hall–Kier alpha value is -0.740. The number of methoxy groups -OCH3 is 1. The second-order valence-corrected chi connectivity index (χ2v) is 6.42. The normalized spacial score (nSPS) is 12.2. The van der Waals surface area contributed by atoms with E-state index >= 15 is 0 Å². The number of halogens is 2. The lowest BCUT2D eigenvalue weighted by atomic mass is 9.93. The molecule has 0 aliphatic rings. The van der Waals surface area contributed by atoms with Crippen molar-refractivity contribution >= 4 is 34.2 Å². The summed E-state index contributed by atoms with van der Waals surface area (Å²) in [5.41, 5.74) is 2.57. The number of ether oxygens (including phenoxy) is 1. The van der Waals surface area contributed by atoms with Gasteiger partial charge < -0.3 is 4.74 Å². The van der Waals surface area contributed by atoms with Crippen LogP contribution in [-0.2, 0) is 12.8 Å². The lowest BCUT2D eigenvalue weighted by molar-refractivity contribution is 0.405. The van der Waals surface area contributed by atoms with E-state index in [1.165, 1.54) is 14.7 Å². The zero-order valence-electron chi connectivity index (χ0n) is 11.5. The molecular formula is C17H18ClIO. The number of hydrogen-bond donors (Lipinski definition) is 0. The molecule has 0 amide bonds. The first-order chi connectivity index (χ1) is 9.72. The summed E-state index contributed by atoms with van der Waals surface area (Å²) in [6.07, 6.45) is 1.94. The first-order valence-electron chi connectivity index (χ1n) is 6.65. The van der Waals surface area contributed by atoms with E-state index in [-0.39, 0.29) is 0 Å². The average molecular weight is 401 g/mol. The van der Waals surface area contributed by atoms with Crippen molar-refractivity contribution in [2.75, 3.05) is 13.0 Å². The molecule has 3 heteroatoms. The van der Waals surface area contributed by atoms with Crippen molar-refractivity contribution < 1.29 is 4.74 Å². The molecule has 0 radical (unpaired) electrons. The summed E-state index contributed by atoms with van der Waals surface area (Å²) >= 11 is 8.48. The van der Waals surface area contributed by atoms with E-state index in [0.717, 1.165) is 18.6 Å². The fraction of sp³-hybridized carbons (Fsp3) is 0.294. The second kappa shape index (κ2) is 7.89. The molecule has 0 aliphatic heterocycles. The SMILES string of the molecule is COc1ccccc1CC(CCl)Cc1ccc(I)cc1. The largest absolute Gasteiger partial charge is 0.496 e. The smallest absolute Gasteiger partial charge is 0.122 e. The number of benzene rings is 2. The molecule has 1 atom stereocenters. The number of rotatable bonds is 6. The summed E-state index contributed by atoms with van der Waals surface area (Å²) in [7, 11) is 1.72. The average Bonchev–Trinajstić information content (AvgIpc) is 2.49. The van der Waals surface area contributed by atoms with Crippen LogP contribution in [0.15, 0.2) is 48.5 Å². The predicted octanol–water partition coefficient (Wildman–Crippen LogP) is 4.94. The standard InChI is InChI=1S/C17H18ClIO/c1-20-17-5-3-2-4-15(17)11-14(12-18)10-13-6-8-16(19)9-7-13/h2-9,14H,10-12H2,1H3. The van der Waals surface area contributed by atoms with Crippen LogP contribution in [0.3, 0.4) is 0 Å². The third kappa shape index (κ3) is 4.38. The second-order valence-electron chi connectivity index (χ2n) is 4.87. The number of para-hydroxylation sites is 1. The highest BCUT2D eigenvalue weighted by Crippen LogP contribution is 2.23. The van der Waals surface area contributed by atoms with Gasteiger partial charge in [0, 0.05) is 9.45 Å². The van der Waals surface area contributed by atoms with Crippen molar-refractivity contribution in [2.24, 2.45) is 5.92 Å². The van der Waals surface area contributed by atoms with E-state index in [0.29, 0.717) is 11.8 Å². The van der Waals surface area contributed by atoms with Crippen LogP contribution < -0.4 is 4.74 Å². The lowest BCUT2D eigenvalue weighted by Gasteiger charge is -2.16. The van der Waals surface area contributed by atoms with E-state index in [1.54, 1.807) is 7.11 Å². The van der Waals surface area contributed by atoms with E-state index in [1.807, 2.05) is 18.2 Å². The Bertz CT molecular complexity index is 539. The van der Waals surface area contributed by atoms with E-state index in [9.17, 15) is 0 Å². The quantitative estimate of drug-likeness (QED) is 0.493. The van der Waals surface area contributed by atoms with Crippen molar-refractivity contribution in [1.82, 2.24) is 0 Å². The van der Waals surface area contributed by atoms with Crippen molar-refractivity contribution in [3.8, 4) is 5.75 Å². The number of hydrogen-bond acceptors (Lipinski definition) is 1. The summed E-state index contributed by atoms with van der Waals surface area (Å²) < 4.78 is 6.68. The zero-order chi connectivity index (χ0) is 14.4. The molecule has 2 rings (SSSR count). The van der Waals surface area contributed by atoms with Gasteiger partial charge in [0.15, 0.2) is 0 Å². The summed E-state index contributed by atoms with van der Waals surface area (Å²) in [6, 6.07) is 16.8. The van der Waals surface area contributed by atoms with Crippen LogP contribution in [0.4, 0.5) is 0 Å². The van der Waals surface area contributed by atoms with Crippen LogP contribution in [0.2, 0.25) is 0 Å². The van der Waals surface area contributed by atoms with Crippen molar-refractivity contribution in [2.45, 2.75) is 12.8 Å². The molecule has 1 nitrogen and oxygen atoms in total. The fourth-order valence-corrected chi connectivity index (χ4v) is 2.90. The van der Waals surface area contributed by atoms with Gasteiger partial charge in [0.25, 0.3) is 0 Å². The minimum atomic E-state index is 0.424. The van der Waals surface area contributed by atoms with Gasteiger partial charge in [-0.3, -0.25) is 0 Å². The van der Waals surface area contributed by atoms with Gasteiger partial charge in [0.05, 0.1) is 7.11 Å². The van der Waals surface area contributed by atoms with Crippen molar-refractivity contribution in [1.29, 1.82) is 0 Å². The summed E-state index contributed by atoms with van der Waals surface area (Å²) in [5, 5.41) is 0. The molecule has 20 heavy (non-hydrogen) atoms. The molecule has 0 fully saturated rings. The van der Waals surface area contributed by atoms with Gasteiger partial charge in [0.1, 0.15) is 5.75 Å². The van der Waals surface area contributed by atoms with Gasteiger partial charge in [-0.05, 0) is 70.7 Å². The van der Waals surface area contributed by atoms with Gasteiger partial charge in [-0.15, -0.1) is 11.6 Å². The molecule has 0 saturated carbocycles. The van der Waals surface area contributed by atoms with Gasteiger partial charge in [-0.2, -0.15) is 0 Å². The monoisotopic (exact) mass is 400 g/mol. The van der Waals surface area contributed by atoms with Gasteiger partial charge in [-0.1, -0.05) is 30.3 Å². The predicted molar refractivity (Wildman–Crippen MR) is 93.8 cm³/mol. The van der Waals surface area contributed by atoms with Crippen molar-refractivity contribution in [3.05, 3.63) is 63.2 Å². The Labute approximate surface area is 139 Å². The Morgan fingerprint density at radius 2 is 1.75 bits per heavy atom. The van der Waals surface area contributed by atoms with Crippen LogP contribution in [-0.4, -0.2) is 13.0 Å².